The monoisotopic (exact) mass is 557 g/mol. The van der Waals surface area contributed by atoms with Crippen LogP contribution in [0, 0.1) is 11.6 Å². The molecule has 40 heavy (non-hydrogen) atoms. The van der Waals surface area contributed by atoms with Gasteiger partial charge in [-0.1, -0.05) is 6.07 Å². The fourth-order valence-corrected chi connectivity index (χ4v) is 5.69. The largest absolute Gasteiger partial charge is 0.453 e. The van der Waals surface area contributed by atoms with Crippen LogP contribution >= 0.6 is 11.3 Å². The molecule has 0 saturated carbocycles. The number of pyridine rings is 2. The van der Waals surface area contributed by atoms with Crippen molar-refractivity contribution in [3.8, 4) is 22.1 Å². The second-order valence-corrected chi connectivity index (χ2v) is 10.8. The van der Waals surface area contributed by atoms with E-state index in [1.165, 1.54) is 45.4 Å². The van der Waals surface area contributed by atoms with Gasteiger partial charge in [0.1, 0.15) is 11.6 Å². The summed E-state index contributed by atoms with van der Waals surface area (Å²) in [5, 5.41) is 0. The van der Waals surface area contributed by atoms with Crippen molar-refractivity contribution in [1.29, 1.82) is 0 Å². The number of aromatic nitrogens is 2. The molecule has 6 rings (SSSR count). The summed E-state index contributed by atoms with van der Waals surface area (Å²) in [6.45, 7) is 1.60. The lowest BCUT2D eigenvalue weighted by molar-refractivity contribution is 0.256. The SMILES string of the molecule is CN(C)Cc1ccc(-c2cc3nccc(Oc4ccc(N5CCN(c6ccc(F)cc6)C5=O)cc4F)c3s2)nc1. The normalized spacial score (nSPS) is 13.6. The molecule has 1 saturated heterocycles. The van der Waals surface area contributed by atoms with Crippen LogP contribution in [0.3, 0.4) is 0 Å². The van der Waals surface area contributed by atoms with E-state index in [4.69, 9.17) is 4.74 Å². The second-order valence-electron chi connectivity index (χ2n) is 9.70. The lowest BCUT2D eigenvalue weighted by Gasteiger charge is -2.19. The standard InChI is InChI=1S/C30H25F2N5O2S/c1-35(2)18-19-3-9-24(34-17-19)28-16-25-29(40-28)27(11-12-33-25)39-26-10-8-22(15-23(26)32)37-14-13-36(30(37)38)21-6-4-20(31)5-7-21/h3-12,15-17H,13-14,18H2,1-2H3. The van der Waals surface area contributed by atoms with Crippen molar-refractivity contribution in [3.05, 3.63) is 96.3 Å². The Morgan fingerprint density at radius 3 is 2.35 bits per heavy atom. The van der Waals surface area contributed by atoms with Crippen molar-refractivity contribution in [2.24, 2.45) is 0 Å². The molecule has 1 aliphatic heterocycles. The molecule has 10 heteroatoms. The molecule has 0 N–H and O–H groups in total. The summed E-state index contributed by atoms with van der Waals surface area (Å²) < 4.78 is 35.3. The van der Waals surface area contributed by atoms with E-state index in [0.29, 0.717) is 30.2 Å². The number of benzene rings is 2. The zero-order valence-corrected chi connectivity index (χ0v) is 22.7. The van der Waals surface area contributed by atoms with Crippen molar-refractivity contribution in [3.63, 3.8) is 0 Å². The van der Waals surface area contributed by atoms with Gasteiger partial charge in [0, 0.05) is 55.5 Å². The number of ether oxygens (including phenoxy) is 1. The zero-order valence-electron chi connectivity index (χ0n) is 21.8. The lowest BCUT2D eigenvalue weighted by atomic mass is 10.2. The molecule has 2 aromatic carbocycles. The zero-order chi connectivity index (χ0) is 27.8. The summed E-state index contributed by atoms with van der Waals surface area (Å²) in [6.07, 6.45) is 3.49. The Hall–Kier alpha value is -4.41. The van der Waals surface area contributed by atoms with Crippen molar-refractivity contribution >= 4 is 39.0 Å². The third kappa shape index (κ3) is 5.11. The highest BCUT2D eigenvalue weighted by molar-refractivity contribution is 7.22. The number of hydrogen-bond acceptors (Lipinski definition) is 6. The van der Waals surface area contributed by atoms with Gasteiger partial charge in [0.2, 0.25) is 0 Å². The predicted molar refractivity (Wildman–Crippen MR) is 153 cm³/mol. The van der Waals surface area contributed by atoms with Gasteiger partial charge in [-0.15, -0.1) is 11.3 Å². The third-order valence-corrected chi connectivity index (χ3v) is 7.71. The van der Waals surface area contributed by atoms with Crippen LogP contribution in [-0.4, -0.2) is 48.1 Å². The first-order chi connectivity index (χ1) is 19.4. The number of carbonyl (C=O) groups is 1. The molecule has 1 aliphatic rings. The van der Waals surface area contributed by atoms with Crippen LogP contribution in [-0.2, 0) is 6.54 Å². The molecule has 7 nitrogen and oxygen atoms in total. The fraction of sp³-hybridized carbons (Fsp3) is 0.167. The molecule has 1 fully saturated rings. The molecular formula is C30H25F2N5O2S. The first-order valence-corrected chi connectivity index (χ1v) is 13.5. The molecule has 3 aromatic heterocycles. The quantitative estimate of drug-likeness (QED) is 0.217. The number of hydrogen-bond donors (Lipinski definition) is 0. The van der Waals surface area contributed by atoms with Gasteiger partial charge in [-0.05, 0) is 68.2 Å². The number of carbonyl (C=O) groups excluding carboxylic acids is 1. The highest BCUT2D eigenvalue weighted by Crippen LogP contribution is 2.39. The van der Waals surface area contributed by atoms with E-state index in [1.807, 2.05) is 32.4 Å². The number of anilines is 2. The van der Waals surface area contributed by atoms with Gasteiger partial charge in [0.25, 0.3) is 0 Å². The average Bonchev–Trinajstić information content (AvgIpc) is 3.55. The third-order valence-electron chi connectivity index (χ3n) is 6.55. The number of fused-ring (bicyclic) bond motifs is 1. The minimum Gasteiger partial charge on any atom is -0.453 e. The van der Waals surface area contributed by atoms with E-state index >= 15 is 4.39 Å². The maximum atomic E-state index is 15.2. The van der Waals surface area contributed by atoms with Gasteiger partial charge >= 0.3 is 6.03 Å². The van der Waals surface area contributed by atoms with Crippen molar-refractivity contribution in [2.75, 3.05) is 37.0 Å². The highest BCUT2D eigenvalue weighted by Gasteiger charge is 2.31. The van der Waals surface area contributed by atoms with E-state index in [2.05, 4.69) is 20.9 Å². The van der Waals surface area contributed by atoms with Gasteiger partial charge in [-0.25, -0.2) is 13.6 Å². The van der Waals surface area contributed by atoms with E-state index in [-0.39, 0.29) is 17.6 Å². The number of rotatable bonds is 7. The molecule has 5 aromatic rings. The van der Waals surface area contributed by atoms with Crippen LogP contribution < -0.4 is 14.5 Å². The number of thiophene rings is 1. The first-order valence-electron chi connectivity index (χ1n) is 12.7. The van der Waals surface area contributed by atoms with Crippen molar-refractivity contribution in [2.45, 2.75) is 6.54 Å². The molecule has 0 aliphatic carbocycles. The Bertz CT molecular complexity index is 1690. The van der Waals surface area contributed by atoms with Gasteiger partial charge in [-0.3, -0.25) is 19.8 Å². The molecule has 4 heterocycles. The van der Waals surface area contributed by atoms with Crippen LogP contribution in [0.25, 0.3) is 20.8 Å². The Balaban J connectivity index is 1.21. The van der Waals surface area contributed by atoms with Gasteiger partial charge in [-0.2, -0.15) is 0 Å². The minimum atomic E-state index is -0.592. The maximum absolute atomic E-state index is 15.2. The second kappa shape index (κ2) is 10.6. The Morgan fingerprint density at radius 2 is 1.65 bits per heavy atom. The number of nitrogens with zero attached hydrogens (tertiary/aromatic N) is 5. The molecule has 0 spiro atoms. The summed E-state index contributed by atoms with van der Waals surface area (Å²) >= 11 is 1.48. The summed E-state index contributed by atoms with van der Waals surface area (Å²) in [5.41, 5.74) is 3.69. The first kappa shape index (κ1) is 25.8. The Kier molecular flexibility index (Phi) is 6.87. The van der Waals surface area contributed by atoms with E-state index in [0.717, 1.165) is 32.9 Å². The summed E-state index contributed by atoms with van der Waals surface area (Å²) in [7, 11) is 4.03. The van der Waals surface area contributed by atoms with Gasteiger partial charge in [0.05, 0.1) is 20.8 Å². The van der Waals surface area contributed by atoms with Gasteiger partial charge in [0.15, 0.2) is 11.6 Å². The van der Waals surface area contributed by atoms with Crippen LogP contribution in [0.4, 0.5) is 25.0 Å². The van der Waals surface area contributed by atoms with E-state index in [9.17, 15) is 9.18 Å². The summed E-state index contributed by atoms with van der Waals surface area (Å²) in [5.74, 6) is -0.442. The van der Waals surface area contributed by atoms with Crippen molar-refractivity contribution in [1.82, 2.24) is 14.9 Å². The smallest absolute Gasteiger partial charge is 0.329 e. The Labute approximate surface area is 233 Å². The maximum Gasteiger partial charge on any atom is 0.329 e. The summed E-state index contributed by atoms with van der Waals surface area (Å²) in [4.78, 5) is 28.1. The predicted octanol–water partition coefficient (Wildman–Crippen LogP) is 6.94. The highest BCUT2D eigenvalue weighted by atomic mass is 32.1. The van der Waals surface area contributed by atoms with Crippen LogP contribution in [0.1, 0.15) is 5.56 Å². The molecule has 0 unspecified atom stereocenters. The molecule has 0 radical (unpaired) electrons. The topological polar surface area (TPSA) is 61.8 Å². The number of amides is 2. The molecule has 2 amide bonds. The number of halogens is 2. The molecule has 0 bridgehead atoms. The van der Waals surface area contributed by atoms with E-state index < -0.39 is 5.82 Å². The average molecular weight is 558 g/mol. The van der Waals surface area contributed by atoms with Crippen LogP contribution in [0.2, 0.25) is 0 Å². The lowest BCUT2D eigenvalue weighted by Crippen LogP contribution is -2.31. The van der Waals surface area contributed by atoms with Crippen LogP contribution in [0.15, 0.2) is 79.1 Å². The number of urea groups is 1. The van der Waals surface area contributed by atoms with Crippen LogP contribution in [0.5, 0.6) is 11.5 Å². The minimum absolute atomic E-state index is 0.0411. The van der Waals surface area contributed by atoms with Gasteiger partial charge < -0.3 is 9.64 Å². The fourth-order valence-electron chi connectivity index (χ4n) is 4.65. The van der Waals surface area contributed by atoms with E-state index in [1.54, 1.807) is 30.5 Å². The molecule has 202 valence electrons. The summed E-state index contributed by atoms with van der Waals surface area (Å²) in [6, 6.07) is 17.6. The Morgan fingerprint density at radius 1 is 0.900 bits per heavy atom. The van der Waals surface area contributed by atoms with Crippen molar-refractivity contribution < 1.29 is 18.3 Å². The molecule has 0 atom stereocenters. The molecular weight excluding hydrogens is 532 g/mol.